The van der Waals surface area contributed by atoms with Gasteiger partial charge in [0.1, 0.15) is 12.0 Å². The van der Waals surface area contributed by atoms with Gasteiger partial charge in [0, 0.05) is 13.1 Å². The van der Waals surface area contributed by atoms with Crippen molar-refractivity contribution in [1.29, 1.82) is 0 Å². The van der Waals surface area contributed by atoms with E-state index in [-0.39, 0.29) is 12.3 Å². The molecule has 1 fully saturated rings. The minimum Gasteiger partial charge on any atom is -0.393 e. The lowest BCUT2D eigenvalue weighted by atomic mass is 10.0. The highest BCUT2D eigenvalue weighted by atomic mass is 16.2. The number of carbonyl (C=O) groups is 1. The summed E-state index contributed by atoms with van der Waals surface area (Å²) in [6, 6.07) is 9.56. The molecule has 1 aromatic heterocycles. The van der Waals surface area contributed by atoms with Crippen molar-refractivity contribution < 1.29 is 4.79 Å². The maximum Gasteiger partial charge on any atom is 0.242 e. The molecule has 4 N–H and O–H groups in total. The van der Waals surface area contributed by atoms with Gasteiger partial charge in [-0.2, -0.15) is 0 Å². The summed E-state index contributed by atoms with van der Waals surface area (Å²) >= 11 is 0. The Morgan fingerprint density at radius 3 is 2.88 bits per heavy atom. The number of carbonyl (C=O) groups excluding carboxylic acids is 1. The lowest BCUT2D eigenvalue weighted by Crippen LogP contribution is -2.36. The van der Waals surface area contributed by atoms with Gasteiger partial charge < -0.3 is 10.6 Å². The molecular formula is C18H24N6O. The first-order valence-corrected chi connectivity index (χ1v) is 8.57. The number of benzene rings is 1. The molecule has 132 valence electrons. The van der Waals surface area contributed by atoms with Crippen molar-refractivity contribution in [3.63, 3.8) is 0 Å². The van der Waals surface area contributed by atoms with Crippen molar-refractivity contribution in [2.75, 3.05) is 29.1 Å². The molecule has 0 aliphatic carbocycles. The number of nitrogen functional groups attached to an aromatic ring is 1. The van der Waals surface area contributed by atoms with E-state index in [0.717, 1.165) is 30.9 Å². The second-order valence-corrected chi connectivity index (χ2v) is 6.49. The fraction of sp³-hybridized carbons (Fsp3) is 0.389. The van der Waals surface area contributed by atoms with E-state index >= 15 is 0 Å². The van der Waals surface area contributed by atoms with Crippen LogP contribution in [0, 0.1) is 5.92 Å². The second-order valence-electron chi connectivity index (χ2n) is 6.49. The van der Waals surface area contributed by atoms with Crippen molar-refractivity contribution >= 4 is 23.2 Å². The predicted molar refractivity (Wildman–Crippen MR) is 99.0 cm³/mol. The monoisotopic (exact) mass is 340 g/mol. The van der Waals surface area contributed by atoms with Crippen LogP contribution < -0.4 is 21.5 Å². The molecule has 25 heavy (non-hydrogen) atoms. The number of hydrogen-bond acceptors (Lipinski definition) is 6. The van der Waals surface area contributed by atoms with Crippen LogP contribution in [0.15, 0.2) is 36.7 Å². The molecule has 1 atom stereocenters. The fourth-order valence-electron chi connectivity index (χ4n) is 3.07. The van der Waals surface area contributed by atoms with Gasteiger partial charge in [0.25, 0.3) is 0 Å². The number of piperidine rings is 1. The Labute approximate surface area is 147 Å². The summed E-state index contributed by atoms with van der Waals surface area (Å²) in [6.45, 7) is 4.10. The molecule has 2 heterocycles. The summed E-state index contributed by atoms with van der Waals surface area (Å²) in [5.41, 5.74) is 13.1. The Morgan fingerprint density at radius 2 is 2.12 bits per heavy atom. The molecule has 1 saturated heterocycles. The number of rotatable bonds is 5. The normalized spacial score (nSPS) is 17.2. The van der Waals surface area contributed by atoms with Crippen molar-refractivity contribution in [3.05, 3.63) is 42.2 Å². The Bertz CT molecular complexity index is 721. The summed E-state index contributed by atoms with van der Waals surface area (Å²) in [5.74, 6) is 1.61. The van der Waals surface area contributed by atoms with Crippen LogP contribution in [0.3, 0.4) is 0 Å². The highest BCUT2D eigenvalue weighted by molar-refractivity contribution is 5.82. The summed E-state index contributed by atoms with van der Waals surface area (Å²) < 4.78 is 0. The first kappa shape index (κ1) is 17.0. The van der Waals surface area contributed by atoms with Gasteiger partial charge in [0.05, 0.1) is 6.42 Å². The number of hydrogen-bond donors (Lipinski definition) is 3. The zero-order chi connectivity index (χ0) is 17.6. The number of nitrogens with two attached hydrogens (primary N) is 1. The number of anilines is 3. The SMILES string of the molecule is CC1CCCN(c2ncnc(NNC(=O)Cc3ccccc3)c2N)C1. The van der Waals surface area contributed by atoms with Crippen molar-refractivity contribution in [2.24, 2.45) is 5.92 Å². The van der Waals surface area contributed by atoms with E-state index in [2.05, 4.69) is 32.6 Å². The maximum absolute atomic E-state index is 12.1. The summed E-state index contributed by atoms with van der Waals surface area (Å²) in [5, 5.41) is 0. The van der Waals surface area contributed by atoms with E-state index in [0.29, 0.717) is 17.4 Å². The smallest absolute Gasteiger partial charge is 0.242 e. The molecule has 1 aromatic carbocycles. The average molecular weight is 340 g/mol. The number of amides is 1. The zero-order valence-electron chi connectivity index (χ0n) is 14.4. The lowest BCUT2D eigenvalue weighted by molar-refractivity contribution is -0.119. The minimum absolute atomic E-state index is 0.155. The van der Waals surface area contributed by atoms with E-state index in [4.69, 9.17) is 5.73 Å². The third kappa shape index (κ3) is 4.37. The van der Waals surface area contributed by atoms with Gasteiger partial charge in [-0.25, -0.2) is 9.97 Å². The van der Waals surface area contributed by atoms with Crippen molar-refractivity contribution in [1.82, 2.24) is 15.4 Å². The molecule has 0 spiro atoms. The molecule has 3 rings (SSSR count). The molecule has 1 unspecified atom stereocenters. The molecule has 0 bridgehead atoms. The van der Waals surface area contributed by atoms with Gasteiger partial charge in [0.2, 0.25) is 5.91 Å². The number of aromatic nitrogens is 2. The van der Waals surface area contributed by atoms with Gasteiger partial charge in [-0.1, -0.05) is 37.3 Å². The summed E-state index contributed by atoms with van der Waals surface area (Å²) in [4.78, 5) is 22.7. The first-order chi connectivity index (χ1) is 12.1. The quantitative estimate of drug-likeness (QED) is 0.720. The number of hydrazine groups is 1. The van der Waals surface area contributed by atoms with Crippen LogP contribution >= 0.6 is 0 Å². The molecule has 1 aliphatic heterocycles. The van der Waals surface area contributed by atoms with Crippen LogP contribution in [0.2, 0.25) is 0 Å². The topological polar surface area (TPSA) is 96.2 Å². The summed E-state index contributed by atoms with van der Waals surface area (Å²) in [6.07, 6.45) is 4.11. The Hall–Kier alpha value is -2.83. The van der Waals surface area contributed by atoms with Gasteiger partial charge in [-0.05, 0) is 24.3 Å². The third-order valence-corrected chi connectivity index (χ3v) is 4.35. The van der Waals surface area contributed by atoms with E-state index in [1.807, 2.05) is 30.3 Å². The van der Waals surface area contributed by atoms with Crippen molar-refractivity contribution in [2.45, 2.75) is 26.2 Å². The lowest BCUT2D eigenvalue weighted by Gasteiger charge is -2.32. The number of nitrogens with zero attached hydrogens (tertiary/aromatic N) is 3. The Kier molecular flexibility index (Phi) is 5.33. The van der Waals surface area contributed by atoms with Crippen LogP contribution in [-0.4, -0.2) is 29.0 Å². The molecule has 1 aliphatic rings. The Balaban J connectivity index is 1.63. The predicted octanol–water partition coefficient (Wildman–Crippen LogP) is 1.98. The van der Waals surface area contributed by atoms with Crippen LogP contribution in [0.25, 0.3) is 0 Å². The first-order valence-electron chi connectivity index (χ1n) is 8.57. The fourth-order valence-corrected chi connectivity index (χ4v) is 3.07. The average Bonchev–Trinajstić information content (AvgIpc) is 2.62. The Morgan fingerprint density at radius 1 is 1.32 bits per heavy atom. The molecule has 0 saturated carbocycles. The van der Waals surface area contributed by atoms with Gasteiger partial charge in [-0.15, -0.1) is 0 Å². The zero-order valence-corrected chi connectivity index (χ0v) is 14.4. The van der Waals surface area contributed by atoms with Gasteiger partial charge in [-0.3, -0.25) is 15.6 Å². The third-order valence-electron chi connectivity index (χ3n) is 4.35. The van der Waals surface area contributed by atoms with Gasteiger partial charge in [0.15, 0.2) is 11.6 Å². The molecule has 7 nitrogen and oxygen atoms in total. The highest BCUT2D eigenvalue weighted by Crippen LogP contribution is 2.29. The largest absolute Gasteiger partial charge is 0.393 e. The molecule has 0 radical (unpaired) electrons. The standard InChI is InChI=1S/C18H24N6O/c1-13-6-5-9-24(11-13)18-16(19)17(20-12-21-18)23-22-15(25)10-14-7-3-2-4-8-14/h2-4,7-8,12-13H,5-6,9-11,19H2,1H3,(H,22,25)(H,20,21,23). The van der Waals surface area contributed by atoms with Crippen LogP contribution in [0.4, 0.5) is 17.3 Å². The molecule has 2 aromatic rings. The van der Waals surface area contributed by atoms with E-state index < -0.39 is 0 Å². The van der Waals surface area contributed by atoms with Crippen molar-refractivity contribution in [3.8, 4) is 0 Å². The number of nitrogens with one attached hydrogen (secondary N) is 2. The van der Waals surface area contributed by atoms with E-state index in [1.165, 1.54) is 12.7 Å². The molecular weight excluding hydrogens is 316 g/mol. The second kappa shape index (κ2) is 7.83. The van der Waals surface area contributed by atoms with Crippen LogP contribution in [0.5, 0.6) is 0 Å². The van der Waals surface area contributed by atoms with Crippen LogP contribution in [-0.2, 0) is 11.2 Å². The van der Waals surface area contributed by atoms with E-state index in [9.17, 15) is 4.79 Å². The molecule has 1 amide bonds. The highest BCUT2D eigenvalue weighted by Gasteiger charge is 2.21. The van der Waals surface area contributed by atoms with E-state index in [1.54, 1.807) is 0 Å². The van der Waals surface area contributed by atoms with Crippen LogP contribution in [0.1, 0.15) is 25.3 Å². The summed E-state index contributed by atoms with van der Waals surface area (Å²) in [7, 11) is 0. The van der Waals surface area contributed by atoms with Gasteiger partial charge >= 0.3 is 0 Å². The maximum atomic E-state index is 12.1. The molecule has 7 heteroatoms. The minimum atomic E-state index is -0.155.